The van der Waals surface area contributed by atoms with E-state index in [1.54, 1.807) is 20.8 Å². The SMILES string of the molecule is CC(C)(C)OC(=O)N1CCC(C(F)(F)CCCN)CC1. The maximum atomic E-state index is 13.9. The molecule has 0 atom stereocenters. The van der Waals surface area contributed by atoms with Crippen molar-refractivity contribution in [2.24, 2.45) is 11.7 Å². The van der Waals surface area contributed by atoms with Crippen molar-refractivity contribution in [1.82, 2.24) is 4.90 Å². The van der Waals surface area contributed by atoms with Crippen LogP contribution >= 0.6 is 0 Å². The van der Waals surface area contributed by atoms with Crippen molar-refractivity contribution >= 4 is 6.09 Å². The Bertz CT molecular complexity index is 322. The van der Waals surface area contributed by atoms with Crippen LogP contribution in [0, 0.1) is 5.92 Å². The number of likely N-dealkylation sites (tertiary alicyclic amines) is 1. The number of carbonyl (C=O) groups excluding carboxylic acids is 1. The fourth-order valence-corrected chi connectivity index (χ4v) is 2.35. The van der Waals surface area contributed by atoms with Crippen LogP contribution in [0.15, 0.2) is 0 Å². The molecule has 0 bridgehead atoms. The topological polar surface area (TPSA) is 55.6 Å². The van der Waals surface area contributed by atoms with E-state index in [1.165, 1.54) is 4.90 Å². The van der Waals surface area contributed by atoms with Crippen LogP contribution in [-0.4, -0.2) is 42.2 Å². The molecule has 0 radical (unpaired) electrons. The molecule has 4 nitrogen and oxygen atoms in total. The molecule has 1 fully saturated rings. The van der Waals surface area contributed by atoms with E-state index in [4.69, 9.17) is 10.5 Å². The van der Waals surface area contributed by atoms with E-state index in [1.807, 2.05) is 0 Å². The van der Waals surface area contributed by atoms with Crippen molar-refractivity contribution < 1.29 is 18.3 Å². The number of piperidine rings is 1. The van der Waals surface area contributed by atoms with E-state index in [0.29, 0.717) is 32.4 Å². The van der Waals surface area contributed by atoms with Crippen LogP contribution in [0.3, 0.4) is 0 Å². The summed E-state index contributed by atoms with van der Waals surface area (Å²) in [7, 11) is 0. The molecule has 1 aliphatic heterocycles. The molecule has 2 N–H and O–H groups in total. The third kappa shape index (κ3) is 5.23. The van der Waals surface area contributed by atoms with Gasteiger partial charge in [0.1, 0.15) is 5.60 Å². The smallest absolute Gasteiger partial charge is 0.410 e. The molecule has 0 aromatic carbocycles. The minimum atomic E-state index is -2.68. The van der Waals surface area contributed by atoms with E-state index in [2.05, 4.69) is 0 Å². The lowest BCUT2D eigenvalue weighted by Gasteiger charge is -2.36. The second-order valence-electron chi connectivity index (χ2n) is 6.39. The van der Waals surface area contributed by atoms with Gasteiger partial charge in [-0.25, -0.2) is 13.6 Å². The van der Waals surface area contributed by atoms with Gasteiger partial charge in [0.15, 0.2) is 0 Å². The molecule has 0 saturated carbocycles. The van der Waals surface area contributed by atoms with Crippen molar-refractivity contribution in [3.8, 4) is 0 Å². The lowest BCUT2D eigenvalue weighted by molar-refractivity contribution is -0.0860. The molecule has 0 spiro atoms. The standard InChI is InChI=1S/C14H26F2N2O2/c1-13(2,3)20-12(19)18-9-5-11(6-10-18)14(15,16)7-4-8-17/h11H,4-10,17H2,1-3H3. The summed E-state index contributed by atoms with van der Waals surface area (Å²) in [5, 5.41) is 0. The van der Waals surface area contributed by atoms with Gasteiger partial charge < -0.3 is 15.4 Å². The zero-order valence-electron chi connectivity index (χ0n) is 12.6. The molecule has 1 saturated heterocycles. The van der Waals surface area contributed by atoms with Gasteiger partial charge in [0, 0.05) is 25.4 Å². The van der Waals surface area contributed by atoms with Gasteiger partial charge in [0.05, 0.1) is 0 Å². The van der Waals surface area contributed by atoms with Crippen molar-refractivity contribution in [3.05, 3.63) is 0 Å². The molecular formula is C14H26F2N2O2. The van der Waals surface area contributed by atoms with Gasteiger partial charge in [-0.2, -0.15) is 0 Å². The average Bonchev–Trinajstić information content (AvgIpc) is 2.34. The molecule has 1 rings (SSSR count). The molecular weight excluding hydrogens is 266 g/mol. The lowest BCUT2D eigenvalue weighted by Crippen LogP contribution is -2.45. The number of nitrogens with zero attached hydrogens (tertiary/aromatic N) is 1. The highest BCUT2D eigenvalue weighted by atomic mass is 19.3. The normalized spacial score (nSPS) is 18.2. The number of hydrogen-bond donors (Lipinski definition) is 1. The first-order valence-corrected chi connectivity index (χ1v) is 7.21. The Labute approximate surface area is 119 Å². The summed E-state index contributed by atoms with van der Waals surface area (Å²) >= 11 is 0. The fraction of sp³-hybridized carbons (Fsp3) is 0.929. The Morgan fingerprint density at radius 1 is 1.30 bits per heavy atom. The minimum absolute atomic E-state index is 0.166. The molecule has 118 valence electrons. The van der Waals surface area contributed by atoms with Crippen LogP contribution in [-0.2, 0) is 4.74 Å². The summed E-state index contributed by atoms with van der Waals surface area (Å²) in [6, 6.07) is 0. The maximum absolute atomic E-state index is 13.9. The zero-order chi connectivity index (χ0) is 15.4. The minimum Gasteiger partial charge on any atom is -0.444 e. The first kappa shape index (κ1) is 17.1. The number of rotatable bonds is 4. The Balaban J connectivity index is 2.45. The third-order valence-corrected chi connectivity index (χ3v) is 3.46. The molecule has 0 unspecified atom stereocenters. The predicted octanol–water partition coefficient (Wildman–Crippen LogP) is 3.01. The van der Waals surface area contributed by atoms with Crippen molar-refractivity contribution in [2.75, 3.05) is 19.6 Å². The summed E-state index contributed by atoms with van der Waals surface area (Å²) in [4.78, 5) is 13.4. The second kappa shape index (κ2) is 6.70. The number of amides is 1. The Hall–Kier alpha value is -0.910. The number of hydrogen-bond acceptors (Lipinski definition) is 3. The van der Waals surface area contributed by atoms with E-state index >= 15 is 0 Å². The maximum Gasteiger partial charge on any atom is 0.410 e. The van der Waals surface area contributed by atoms with Crippen LogP contribution < -0.4 is 5.73 Å². The third-order valence-electron chi connectivity index (χ3n) is 3.46. The average molecular weight is 292 g/mol. The fourth-order valence-electron chi connectivity index (χ4n) is 2.35. The van der Waals surface area contributed by atoms with Gasteiger partial charge in [-0.15, -0.1) is 0 Å². The predicted molar refractivity (Wildman–Crippen MR) is 73.8 cm³/mol. The molecule has 0 aromatic rings. The highest BCUT2D eigenvalue weighted by Crippen LogP contribution is 2.36. The molecule has 0 aliphatic carbocycles. The number of ether oxygens (including phenoxy) is 1. The summed E-state index contributed by atoms with van der Waals surface area (Å²) in [6.45, 7) is 6.32. The van der Waals surface area contributed by atoms with Crippen LogP contribution in [0.2, 0.25) is 0 Å². The van der Waals surface area contributed by atoms with Gasteiger partial charge in [0.2, 0.25) is 0 Å². The van der Waals surface area contributed by atoms with E-state index in [9.17, 15) is 13.6 Å². The first-order chi connectivity index (χ1) is 9.15. The number of halogens is 2. The summed E-state index contributed by atoms with van der Waals surface area (Å²) in [5.74, 6) is -3.34. The molecule has 6 heteroatoms. The van der Waals surface area contributed by atoms with Crippen molar-refractivity contribution in [2.45, 2.75) is 58.0 Å². The molecule has 1 aliphatic rings. The molecule has 20 heavy (non-hydrogen) atoms. The zero-order valence-corrected chi connectivity index (χ0v) is 12.6. The highest BCUT2D eigenvalue weighted by molar-refractivity contribution is 5.68. The van der Waals surface area contributed by atoms with E-state index in [-0.39, 0.29) is 13.0 Å². The monoisotopic (exact) mass is 292 g/mol. The largest absolute Gasteiger partial charge is 0.444 e. The highest BCUT2D eigenvalue weighted by Gasteiger charge is 2.41. The lowest BCUT2D eigenvalue weighted by atomic mass is 9.88. The van der Waals surface area contributed by atoms with Crippen LogP contribution in [0.4, 0.5) is 13.6 Å². The quantitative estimate of drug-likeness (QED) is 0.866. The van der Waals surface area contributed by atoms with E-state index < -0.39 is 23.5 Å². The van der Waals surface area contributed by atoms with Gasteiger partial charge in [-0.1, -0.05) is 0 Å². The Morgan fingerprint density at radius 2 is 1.85 bits per heavy atom. The summed E-state index contributed by atoms with van der Waals surface area (Å²) in [5.41, 5.74) is 4.73. The van der Waals surface area contributed by atoms with Gasteiger partial charge in [0.25, 0.3) is 5.92 Å². The van der Waals surface area contributed by atoms with Crippen LogP contribution in [0.5, 0.6) is 0 Å². The molecule has 1 heterocycles. The number of nitrogens with two attached hydrogens (primary N) is 1. The van der Waals surface area contributed by atoms with Gasteiger partial charge >= 0.3 is 6.09 Å². The van der Waals surface area contributed by atoms with E-state index in [0.717, 1.165) is 0 Å². The Morgan fingerprint density at radius 3 is 2.30 bits per heavy atom. The molecule has 1 amide bonds. The Kier molecular flexibility index (Phi) is 5.74. The number of carbonyl (C=O) groups is 1. The number of alkyl halides is 2. The molecule has 0 aromatic heterocycles. The van der Waals surface area contributed by atoms with Gasteiger partial charge in [-0.05, 0) is 46.6 Å². The van der Waals surface area contributed by atoms with Crippen molar-refractivity contribution in [1.29, 1.82) is 0 Å². The van der Waals surface area contributed by atoms with Crippen LogP contribution in [0.25, 0.3) is 0 Å². The van der Waals surface area contributed by atoms with Crippen molar-refractivity contribution in [3.63, 3.8) is 0 Å². The first-order valence-electron chi connectivity index (χ1n) is 7.21. The van der Waals surface area contributed by atoms with Crippen LogP contribution in [0.1, 0.15) is 46.5 Å². The van der Waals surface area contributed by atoms with Gasteiger partial charge in [-0.3, -0.25) is 0 Å². The summed E-state index contributed by atoms with van der Waals surface area (Å²) in [6.07, 6.45) is 0.384. The summed E-state index contributed by atoms with van der Waals surface area (Å²) < 4.78 is 33.1. The second-order valence-corrected chi connectivity index (χ2v) is 6.39.